The largest absolute Gasteiger partial charge is 0.491 e. The number of epoxide rings is 2. The van der Waals surface area contributed by atoms with Crippen molar-refractivity contribution in [3.8, 4) is 23.0 Å². The summed E-state index contributed by atoms with van der Waals surface area (Å²) in [6.07, 6.45) is 2.64. The zero-order chi connectivity index (χ0) is 31.2. The maximum Gasteiger partial charge on any atom is 0.202 e. The molecule has 0 spiro atoms. The van der Waals surface area contributed by atoms with Gasteiger partial charge in [-0.1, -0.05) is 42.5 Å². The lowest BCUT2D eigenvalue weighted by molar-refractivity contribution is -0.165. The molecule has 0 saturated carbocycles. The molecule has 4 fully saturated rings. The van der Waals surface area contributed by atoms with E-state index in [2.05, 4.69) is 84.9 Å². The van der Waals surface area contributed by atoms with E-state index < -0.39 is 5.41 Å². The van der Waals surface area contributed by atoms with Crippen LogP contribution in [-0.2, 0) is 24.4 Å². The number of hydrogen-bond donors (Lipinski definition) is 0. The smallest absolute Gasteiger partial charge is 0.202 e. The van der Waals surface area contributed by atoms with Crippen molar-refractivity contribution in [3.63, 3.8) is 0 Å². The van der Waals surface area contributed by atoms with Crippen molar-refractivity contribution in [1.82, 2.24) is 0 Å². The fourth-order valence-corrected chi connectivity index (χ4v) is 6.92. The highest BCUT2D eigenvalue weighted by Gasteiger charge is 2.47. The number of fused-ring (bicyclic) bond motifs is 1. The molecule has 0 N–H and O–H groups in total. The van der Waals surface area contributed by atoms with Crippen LogP contribution in [0.4, 0.5) is 0 Å². The molecule has 4 aromatic rings. The van der Waals surface area contributed by atoms with Crippen LogP contribution in [0, 0.1) is 0 Å². The van der Waals surface area contributed by atoms with Gasteiger partial charge < -0.3 is 37.9 Å². The van der Waals surface area contributed by atoms with Crippen molar-refractivity contribution < 1.29 is 37.9 Å². The minimum atomic E-state index is -0.484. The lowest BCUT2D eigenvalue weighted by Crippen LogP contribution is -2.32. The minimum absolute atomic E-state index is 0.113. The second kappa shape index (κ2) is 12.2. The second-order valence-electron chi connectivity index (χ2n) is 13.0. The number of benzene rings is 4. The van der Waals surface area contributed by atoms with Gasteiger partial charge in [-0.3, -0.25) is 0 Å². The minimum Gasteiger partial charge on any atom is -0.491 e. The summed E-state index contributed by atoms with van der Waals surface area (Å²) in [6, 6.07) is 32.2. The van der Waals surface area contributed by atoms with Crippen LogP contribution in [0.25, 0.3) is 0 Å². The molecular formula is C39H38O8. The van der Waals surface area contributed by atoms with Gasteiger partial charge in [0.25, 0.3) is 0 Å². The molecule has 6 atom stereocenters. The summed E-state index contributed by atoms with van der Waals surface area (Å²) >= 11 is 0. The molecule has 0 radical (unpaired) electrons. The van der Waals surface area contributed by atoms with Crippen LogP contribution < -0.4 is 18.9 Å². The van der Waals surface area contributed by atoms with Crippen molar-refractivity contribution in [1.29, 1.82) is 0 Å². The van der Waals surface area contributed by atoms with Gasteiger partial charge in [-0.25, -0.2) is 0 Å². The number of rotatable bonds is 13. The highest BCUT2D eigenvalue weighted by Crippen LogP contribution is 2.57. The monoisotopic (exact) mass is 634 g/mol. The first kappa shape index (κ1) is 29.1. The maximum absolute atomic E-state index is 6.30. The lowest BCUT2D eigenvalue weighted by Gasteiger charge is -2.34. The fraction of sp³-hybridized carbons (Fsp3) is 0.385. The fourth-order valence-electron chi connectivity index (χ4n) is 6.92. The van der Waals surface area contributed by atoms with E-state index >= 15 is 0 Å². The summed E-state index contributed by atoms with van der Waals surface area (Å²) < 4.78 is 46.5. The van der Waals surface area contributed by atoms with E-state index in [4.69, 9.17) is 37.9 Å². The number of hydrogen-bond acceptors (Lipinski definition) is 8. The zero-order valence-electron chi connectivity index (χ0n) is 26.2. The van der Waals surface area contributed by atoms with E-state index in [1.54, 1.807) is 0 Å². The first-order valence-corrected chi connectivity index (χ1v) is 16.7. The van der Waals surface area contributed by atoms with Crippen LogP contribution in [0.15, 0.2) is 91.0 Å². The van der Waals surface area contributed by atoms with Crippen molar-refractivity contribution in [3.05, 3.63) is 119 Å². The Morgan fingerprint density at radius 3 is 1.77 bits per heavy atom. The van der Waals surface area contributed by atoms with Gasteiger partial charge in [-0.15, -0.1) is 0 Å². The zero-order valence-corrected chi connectivity index (χ0v) is 26.2. The summed E-state index contributed by atoms with van der Waals surface area (Å²) in [5, 5.41) is 0. The quantitative estimate of drug-likeness (QED) is 0.157. The van der Waals surface area contributed by atoms with Gasteiger partial charge in [-0.2, -0.15) is 0 Å². The van der Waals surface area contributed by atoms with E-state index in [1.165, 1.54) is 27.8 Å². The molecule has 0 aromatic heterocycles. The Kier molecular flexibility index (Phi) is 7.54. The van der Waals surface area contributed by atoms with Gasteiger partial charge in [-0.05, 0) is 82.8 Å². The standard InChI is InChI=1S/C39H38O8/c1-2-25(18-30(3-1)43-22-33-24-45-33)35-20-39(26-4-8-28(9-5-26)42-21-32-23-44-32,27-6-10-29(11-7-27)46-37-14-16-40-37)36-19-31(12-13-34(35)36)47-38-15-17-41-38/h1-13,18-19,32-33,35,37-38H,14-17,20-24H2. The Balaban J connectivity index is 1.14. The van der Waals surface area contributed by atoms with E-state index in [-0.39, 0.29) is 30.7 Å². The summed E-state index contributed by atoms with van der Waals surface area (Å²) in [6.45, 7) is 4.15. The van der Waals surface area contributed by atoms with Crippen LogP contribution in [0.5, 0.6) is 23.0 Å². The molecule has 0 bridgehead atoms. The highest BCUT2D eigenvalue weighted by molar-refractivity contribution is 5.62. The van der Waals surface area contributed by atoms with E-state index in [1.807, 2.05) is 6.07 Å². The van der Waals surface area contributed by atoms with Crippen LogP contribution in [-0.4, -0.2) is 64.4 Å². The Bertz CT molecular complexity index is 1710. The van der Waals surface area contributed by atoms with Gasteiger partial charge >= 0.3 is 0 Å². The van der Waals surface area contributed by atoms with Gasteiger partial charge in [0.2, 0.25) is 12.6 Å². The summed E-state index contributed by atoms with van der Waals surface area (Å²) in [5.41, 5.74) is 5.57. The van der Waals surface area contributed by atoms with Gasteiger partial charge in [0.15, 0.2) is 0 Å². The Labute approximate surface area is 274 Å². The normalized spacial score (nSPS) is 28.4. The number of ether oxygens (including phenoxy) is 8. The molecule has 1 aliphatic carbocycles. The van der Waals surface area contributed by atoms with E-state index in [0.717, 1.165) is 68.7 Å². The molecule has 4 heterocycles. The maximum atomic E-state index is 6.30. The van der Waals surface area contributed by atoms with Crippen LogP contribution in [0.3, 0.4) is 0 Å². The molecule has 6 unspecified atom stereocenters. The van der Waals surface area contributed by atoms with Gasteiger partial charge in [0.1, 0.15) is 48.4 Å². The van der Waals surface area contributed by atoms with Crippen LogP contribution in [0.2, 0.25) is 0 Å². The topological polar surface area (TPSA) is 80.4 Å². The predicted octanol–water partition coefficient (Wildman–Crippen LogP) is 6.36. The van der Waals surface area contributed by atoms with Crippen LogP contribution in [0.1, 0.15) is 53.0 Å². The molecule has 9 rings (SSSR count). The first-order valence-electron chi connectivity index (χ1n) is 16.7. The summed E-state index contributed by atoms with van der Waals surface area (Å²) in [7, 11) is 0. The Hall–Kier alpha value is -4.08. The van der Waals surface area contributed by atoms with Crippen LogP contribution >= 0.6 is 0 Å². The third-order valence-electron chi connectivity index (χ3n) is 9.85. The van der Waals surface area contributed by atoms with E-state index in [9.17, 15) is 0 Å². The van der Waals surface area contributed by atoms with Crippen molar-refractivity contribution in [2.24, 2.45) is 0 Å². The molecule has 4 aromatic carbocycles. The van der Waals surface area contributed by atoms with Crippen molar-refractivity contribution in [2.75, 3.05) is 39.6 Å². The molecule has 242 valence electrons. The average Bonchev–Trinajstić information content (AvgIpc) is 4.01. The third-order valence-corrected chi connectivity index (χ3v) is 9.85. The molecule has 47 heavy (non-hydrogen) atoms. The van der Waals surface area contributed by atoms with Gasteiger partial charge in [0, 0.05) is 24.2 Å². The van der Waals surface area contributed by atoms with Crippen molar-refractivity contribution in [2.45, 2.75) is 55.4 Å². The summed E-state index contributed by atoms with van der Waals surface area (Å²) in [4.78, 5) is 0. The van der Waals surface area contributed by atoms with Gasteiger partial charge in [0.05, 0.1) is 26.4 Å². The lowest BCUT2D eigenvalue weighted by atomic mass is 9.69. The molecular weight excluding hydrogens is 596 g/mol. The Morgan fingerprint density at radius 1 is 0.596 bits per heavy atom. The molecule has 8 nitrogen and oxygen atoms in total. The molecule has 4 saturated heterocycles. The second-order valence-corrected chi connectivity index (χ2v) is 13.0. The molecule has 0 amide bonds. The van der Waals surface area contributed by atoms with E-state index in [0.29, 0.717) is 13.2 Å². The molecule has 4 aliphatic heterocycles. The summed E-state index contributed by atoms with van der Waals surface area (Å²) in [5.74, 6) is 3.42. The predicted molar refractivity (Wildman–Crippen MR) is 173 cm³/mol. The molecule has 8 heteroatoms. The average molecular weight is 635 g/mol. The van der Waals surface area contributed by atoms with Crippen molar-refractivity contribution >= 4 is 0 Å². The first-order chi connectivity index (χ1) is 23.2. The SMILES string of the molecule is c1cc(OCC2CO2)cc(C2CC(c3ccc(OCC4CO4)cc3)(c3ccc(OC4CCO4)cc3)c3cc(OC4CCO4)ccc32)c1. The Morgan fingerprint density at radius 2 is 1.17 bits per heavy atom. The highest BCUT2D eigenvalue weighted by atomic mass is 16.7. The third kappa shape index (κ3) is 5.95. The molecule has 5 aliphatic rings.